The normalized spacial score (nSPS) is 23.0. The van der Waals surface area contributed by atoms with Crippen LogP contribution < -0.4 is 20.7 Å². The number of hydrogen-bond acceptors (Lipinski definition) is 8. The summed E-state index contributed by atoms with van der Waals surface area (Å²) in [4.78, 5) is 33.6. The number of likely N-dealkylation sites (N-methyl/N-ethyl adjacent to an activating group) is 1. The molecule has 1 aromatic rings. The summed E-state index contributed by atoms with van der Waals surface area (Å²) >= 11 is 6.10. The molecule has 2 amide bonds. The minimum absolute atomic E-state index is 0.00468. The van der Waals surface area contributed by atoms with Gasteiger partial charge in [-0.1, -0.05) is 62.2 Å². The Hall–Kier alpha value is -3.12. The maximum Gasteiger partial charge on any atom is 0.407 e. The van der Waals surface area contributed by atoms with Gasteiger partial charge in [-0.2, -0.15) is 0 Å². The number of cyclic esters (lactones) is 1. The maximum atomic E-state index is 12.2. The summed E-state index contributed by atoms with van der Waals surface area (Å²) in [6.07, 6.45) is 8.88. The van der Waals surface area contributed by atoms with E-state index in [1.54, 1.807) is 28.1 Å². The van der Waals surface area contributed by atoms with Crippen LogP contribution in [0.4, 0.5) is 4.79 Å². The second-order valence-electron chi connectivity index (χ2n) is 11.1. The van der Waals surface area contributed by atoms with Crippen LogP contribution in [0.5, 0.6) is 5.75 Å². The molecule has 3 unspecified atom stereocenters. The zero-order valence-electron chi connectivity index (χ0n) is 29.1. The predicted octanol–water partition coefficient (Wildman–Crippen LogP) is 5.28. The molecule has 2 saturated heterocycles. The van der Waals surface area contributed by atoms with Gasteiger partial charge in [0, 0.05) is 39.0 Å². The van der Waals surface area contributed by atoms with E-state index in [2.05, 4.69) is 41.9 Å². The summed E-state index contributed by atoms with van der Waals surface area (Å²) < 4.78 is 16.8. The van der Waals surface area contributed by atoms with Crippen LogP contribution in [0.15, 0.2) is 42.0 Å². The average Bonchev–Trinajstić information content (AvgIpc) is 3.74. The number of methoxy groups -OCH3 is 1. The zero-order chi connectivity index (χ0) is 35.4. The summed E-state index contributed by atoms with van der Waals surface area (Å²) in [5, 5.41) is 23.9. The Labute approximate surface area is 280 Å². The number of aliphatic hydroxyl groups excluding tert-OH is 1. The van der Waals surface area contributed by atoms with Gasteiger partial charge in [-0.05, 0) is 64.8 Å². The molecule has 3 rings (SSSR count). The molecule has 0 aromatic heterocycles. The highest BCUT2D eigenvalue weighted by molar-refractivity contribution is 6.32. The molecule has 0 bridgehead atoms. The molecule has 262 valence electrons. The standard InChI is InChI=1S/C27H37ClN2O5.C4H9NO2.C2H6.CH4O/c1-17(14-19-10-11-21(28)23(15-19)33-5)8-6-7-9-20-16-22(34-26(32)30-20)18(2)25-27(3,35-25)13-12-24(31)29-4;1-3(5-2)4(6)7;2*1-2/h6-8,10-11,15,18,20,22,25H,9,12-14,16H2,1-5H3,(H,29,31)(H,30,32);3,5H,1-2H3,(H,6,7);1-2H3;2H,1H3/b7-6+,17-8+;;;/t18-,20?,22?,25?,27+;3-;;/m11../s1. The Morgan fingerprint density at radius 3 is 2.43 bits per heavy atom. The van der Waals surface area contributed by atoms with Crippen LogP contribution in [0.1, 0.15) is 72.8 Å². The van der Waals surface area contributed by atoms with Gasteiger partial charge in [0.05, 0.1) is 23.8 Å². The first kappa shape index (κ1) is 42.9. The number of benzene rings is 1. The van der Waals surface area contributed by atoms with Crippen LogP contribution in [0.25, 0.3) is 0 Å². The first-order chi connectivity index (χ1) is 21.8. The quantitative estimate of drug-likeness (QED) is 0.139. The van der Waals surface area contributed by atoms with Crippen LogP contribution in [-0.2, 0) is 25.5 Å². The lowest BCUT2D eigenvalue weighted by molar-refractivity contribution is -0.138. The number of carbonyl (C=O) groups excluding carboxylic acids is 2. The Balaban J connectivity index is 0.00000160. The number of alkyl carbamates (subject to hydrolysis) is 1. The van der Waals surface area contributed by atoms with Gasteiger partial charge >= 0.3 is 12.1 Å². The van der Waals surface area contributed by atoms with Crippen LogP contribution in [0.3, 0.4) is 0 Å². The number of carbonyl (C=O) groups is 3. The average molecular weight is 670 g/mol. The number of rotatable bonds is 13. The third-order valence-corrected chi connectivity index (χ3v) is 7.98. The van der Waals surface area contributed by atoms with Gasteiger partial charge < -0.3 is 40.4 Å². The van der Waals surface area contributed by atoms with Crippen molar-refractivity contribution in [3.05, 3.63) is 52.6 Å². The van der Waals surface area contributed by atoms with Gasteiger partial charge in [-0.15, -0.1) is 0 Å². The first-order valence-corrected chi connectivity index (χ1v) is 16.1. The summed E-state index contributed by atoms with van der Waals surface area (Å²) in [7, 11) is 5.86. The maximum absolute atomic E-state index is 12.2. The molecule has 2 fully saturated rings. The largest absolute Gasteiger partial charge is 0.495 e. The van der Waals surface area contributed by atoms with E-state index in [1.807, 2.05) is 45.0 Å². The lowest BCUT2D eigenvalue weighted by Crippen LogP contribution is -2.48. The minimum Gasteiger partial charge on any atom is -0.495 e. The number of nitrogens with one attached hydrogen (secondary N) is 3. The number of halogens is 1. The predicted molar refractivity (Wildman–Crippen MR) is 182 cm³/mol. The first-order valence-electron chi connectivity index (χ1n) is 15.7. The number of ether oxygens (including phenoxy) is 3. The van der Waals surface area contributed by atoms with Gasteiger partial charge in [-0.3, -0.25) is 9.59 Å². The van der Waals surface area contributed by atoms with Crippen LogP contribution in [0, 0.1) is 5.92 Å². The second kappa shape index (κ2) is 22.4. The smallest absolute Gasteiger partial charge is 0.407 e. The molecule has 2 aliphatic rings. The number of hydrogen-bond donors (Lipinski definition) is 5. The topological polar surface area (TPSA) is 159 Å². The highest BCUT2D eigenvalue weighted by atomic mass is 35.5. The van der Waals surface area contributed by atoms with Crippen molar-refractivity contribution in [3.63, 3.8) is 0 Å². The van der Waals surface area contributed by atoms with Crippen molar-refractivity contribution in [1.29, 1.82) is 0 Å². The zero-order valence-corrected chi connectivity index (χ0v) is 29.9. The molecule has 0 spiro atoms. The SMILES string of the molecule is CC.CNC(=O)CC[C@]1(C)OC1[C@H](C)C1CC(C/C=C/C=C(\C)Cc2ccc(Cl)c(OC)c2)NC(=O)O1.CN[C@H](C)C(=O)O.CO. The van der Waals surface area contributed by atoms with Crippen molar-refractivity contribution in [2.45, 2.75) is 104 Å². The number of carboxylic acid groups (broad SMARTS) is 1. The molecule has 0 radical (unpaired) electrons. The monoisotopic (exact) mass is 669 g/mol. The molecule has 2 heterocycles. The van der Waals surface area contributed by atoms with Crippen LogP contribution in [0.2, 0.25) is 5.02 Å². The molecule has 12 heteroatoms. The Kier molecular flexibility index (Phi) is 20.9. The number of amides is 2. The number of carboxylic acids is 1. The van der Waals surface area contributed by atoms with Crippen molar-refractivity contribution in [2.75, 3.05) is 28.3 Å². The Bertz CT molecular complexity index is 1150. The Morgan fingerprint density at radius 1 is 1.24 bits per heavy atom. The highest BCUT2D eigenvalue weighted by Gasteiger charge is 2.57. The van der Waals surface area contributed by atoms with E-state index in [9.17, 15) is 14.4 Å². The molecule has 11 nitrogen and oxygen atoms in total. The lowest BCUT2D eigenvalue weighted by atomic mass is 9.86. The van der Waals surface area contributed by atoms with Gasteiger partial charge in [0.15, 0.2) is 0 Å². The molecule has 2 aliphatic heterocycles. The van der Waals surface area contributed by atoms with Gasteiger partial charge in [0.2, 0.25) is 5.91 Å². The number of aliphatic hydroxyl groups is 1. The van der Waals surface area contributed by atoms with E-state index in [1.165, 1.54) is 5.57 Å². The van der Waals surface area contributed by atoms with Crippen molar-refractivity contribution in [3.8, 4) is 5.75 Å². The second-order valence-corrected chi connectivity index (χ2v) is 11.5. The fraction of sp³-hybridized carbons (Fsp3) is 0.618. The highest BCUT2D eigenvalue weighted by Crippen LogP contribution is 2.46. The van der Waals surface area contributed by atoms with E-state index in [0.717, 1.165) is 31.9 Å². The van der Waals surface area contributed by atoms with Crippen molar-refractivity contribution in [1.82, 2.24) is 16.0 Å². The fourth-order valence-corrected chi connectivity index (χ4v) is 4.99. The summed E-state index contributed by atoms with van der Waals surface area (Å²) in [5.41, 5.74) is 2.00. The number of aliphatic carboxylic acids is 1. The summed E-state index contributed by atoms with van der Waals surface area (Å²) in [5.74, 6) is -0.0800. The lowest BCUT2D eigenvalue weighted by Gasteiger charge is -2.33. The van der Waals surface area contributed by atoms with Gasteiger partial charge in [-0.25, -0.2) is 4.79 Å². The van der Waals surface area contributed by atoms with E-state index in [-0.39, 0.29) is 41.8 Å². The van der Waals surface area contributed by atoms with Crippen LogP contribution in [-0.4, -0.2) is 86.4 Å². The van der Waals surface area contributed by atoms with E-state index < -0.39 is 12.0 Å². The van der Waals surface area contributed by atoms with E-state index in [4.69, 9.17) is 36.0 Å². The van der Waals surface area contributed by atoms with Gasteiger partial charge in [0.25, 0.3) is 0 Å². The Morgan fingerprint density at radius 2 is 1.89 bits per heavy atom. The molecule has 46 heavy (non-hydrogen) atoms. The van der Waals surface area contributed by atoms with Crippen molar-refractivity contribution < 1.29 is 38.8 Å². The molecular weight excluding hydrogens is 614 g/mol. The number of epoxide rings is 1. The van der Waals surface area contributed by atoms with Crippen molar-refractivity contribution >= 4 is 29.6 Å². The molecular formula is C34H56ClN3O8. The third kappa shape index (κ3) is 15.0. The molecule has 6 atom stereocenters. The van der Waals surface area contributed by atoms with Gasteiger partial charge in [0.1, 0.15) is 17.9 Å². The molecule has 5 N–H and O–H groups in total. The summed E-state index contributed by atoms with van der Waals surface area (Å²) in [6.45, 7) is 11.7. The fourth-order valence-electron chi connectivity index (χ4n) is 4.80. The summed E-state index contributed by atoms with van der Waals surface area (Å²) in [6, 6.07) is 5.37. The third-order valence-electron chi connectivity index (χ3n) is 7.67. The van der Waals surface area contributed by atoms with Crippen molar-refractivity contribution in [2.24, 2.45) is 5.92 Å². The minimum atomic E-state index is -0.817. The molecule has 0 saturated carbocycles. The molecule has 1 aromatic carbocycles. The molecule has 0 aliphatic carbocycles. The van der Waals surface area contributed by atoms with E-state index >= 15 is 0 Å². The van der Waals surface area contributed by atoms with Crippen LogP contribution >= 0.6 is 11.6 Å². The number of allylic oxidation sites excluding steroid dienone is 3. The van der Waals surface area contributed by atoms with E-state index in [0.29, 0.717) is 23.6 Å².